The Morgan fingerprint density at radius 1 is 1.23 bits per heavy atom. The molecule has 1 atom stereocenters. The Hall–Kier alpha value is -2.46. The first-order valence-corrected chi connectivity index (χ1v) is 9.40. The van der Waals surface area contributed by atoms with Gasteiger partial charge in [0.15, 0.2) is 0 Å². The van der Waals surface area contributed by atoms with Gasteiger partial charge in [0.2, 0.25) is 0 Å². The normalized spacial score (nSPS) is 18.3. The zero-order valence-electron chi connectivity index (χ0n) is 15.3. The molecule has 2 aromatic heterocycles. The lowest BCUT2D eigenvalue weighted by Gasteiger charge is -2.31. The predicted octanol–water partition coefficient (Wildman–Crippen LogP) is 3.67. The lowest BCUT2D eigenvalue weighted by molar-refractivity contribution is -0.124. The van der Waals surface area contributed by atoms with Crippen molar-refractivity contribution in [2.24, 2.45) is 5.92 Å². The summed E-state index contributed by atoms with van der Waals surface area (Å²) in [4.78, 5) is 19.8. The number of carbonyl (C=O) groups excluding carboxylic acids is 1. The third kappa shape index (κ3) is 3.86. The summed E-state index contributed by atoms with van der Waals surface area (Å²) in [5.74, 6) is 0.509. The summed E-state index contributed by atoms with van der Waals surface area (Å²) >= 11 is 0. The molecule has 1 aliphatic heterocycles. The van der Waals surface area contributed by atoms with Crippen molar-refractivity contribution >= 4 is 11.4 Å². The number of Topliss-reactive ketones (excluding diaryl/α,β-unsaturated/α-hetero) is 1. The van der Waals surface area contributed by atoms with Gasteiger partial charge in [-0.25, -0.2) is 4.98 Å². The SMILES string of the molecule is Cc1ccn2cc(CN3CCCC(C(=O)Cc4ccccc4)C3)nc2c1. The highest BCUT2D eigenvalue weighted by atomic mass is 16.1. The van der Waals surface area contributed by atoms with Crippen LogP contribution in [0.1, 0.15) is 29.7 Å². The molecule has 3 heterocycles. The molecule has 0 spiro atoms. The summed E-state index contributed by atoms with van der Waals surface area (Å²) in [5.41, 5.74) is 4.41. The monoisotopic (exact) mass is 347 g/mol. The maximum absolute atomic E-state index is 12.7. The van der Waals surface area contributed by atoms with E-state index in [1.54, 1.807) is 0 Å². The Bertz CT molecular complexity index is 900. The van der Waals surface area contributed by atoms with Crippen LogP contribution in [0.5, 0.6) is 0 Å². The third-order valence-electron chi connectivity index (χ3n) is 5.23. The van der Waals surface area contributed by atoms with Gasteiger partial charge < -0.3 is 4.40 Å². The number of carbonyl (C=O) groups is 1. The average Bonchev–Trinajstić information content (AvgIpc) is 3.04. The highest BCUT2D eigenvalue weighted by molar-refractivity contribution is 5.83. The topological polar surface area (TPSA) is 37.6 Å². The number of benzene rings is 1. The van der Waals surface area contributed by atoms with Crippen LogP contribution in [-0.2, 0) is 17.8 Å². The van der Waals surface area contributed by atoms with Crippen molar-refractivity contribution in [3.63, 3.8) is 0 Å². The van der Waals surface area contributed by atoms with Crippen LogP contribution in [0.25, 0.3) is 5.65 Å². The first kappa shape index (κ1) is 17.0. The number of fused-ring (bicyclic) bond motifs is 1. The largest absolute Gasteiger partial charge is 0.307 e. The van der Waals surface area contributed by atoms with Crippen molar-refractivity contribution in [3.05, 3.63) is 71.7 Å². The van der Waals surface area contributed by atoms with E-state index < -0.39 is 0 Å². The minimum atomic E-state index is 0.142. The number of hydrogen-bond acceptors (Lipinski definition) is 3. The fourth-order valence-corrected chi connectivity index (χ4v) is 3.84. The first-order chi connectivity index (χ1) is 12.7. The number of rotatable bonds is 5. The molecule has 4 nitrogen and oxygen atoms in total. The number of aryl methyl sites for hydroxylation is 1. The Morgan fingerprint density at radius 2 is 2.08 bits per heavy atom. The van der Waals surface area contributed by atoms with Crippen LogP contribution in [0.2, 0.25) is 0 Å². The molecule has 26 heavy (non-hydrogen) atoms. The molecule has 1 aliphatic rings. The average molecular weight is 347 g/mol. The van der Waals surface area contributed by atoms with E-state index >= 15 is 0 Å². The number of nitrogens with zero attached hydrogens (tertiary/aromatic N) is 3. The maximum Gasteiger partial charge on any atom is 0.141 e. The maximum atomic E-state index is 12.7. The van der Waals surface area contributed by atoms with Crippen molar-refractivity contribution in [1.82, 2.24) is 14.3 Å². The van der Waals surface area contributed by atoms with Crippen molar-refractivity contribution in [3.8, 4) is 0 Å². The van der Waals surface area contributed by atoms with Crippen LogP contribution in [0.3, 0.4) is 0 Å². The summed E-state index contributed by atoms with van der Waals surface area (Å²) in [6, 6.07) is 14.3. The molecule has 0 N–H and O–H groups in total. The van der Waals surface area contributed by atoms with Crippen molar-refractivity contribution < 1.29 is 4.79 Å². The van der Waals surface area contributed by atoms with E-state index in [2.05, 4.69) is 40.8 Å². The minimum Gasteiger partial charge on any atom is -0.307 e. The van der Waals surface area contributed by atoms with E-state index in [1.165, 1.54) is 5.56 Å². The number of pyridine rings is 1. The smallest absolute Gasteiger partial charge is 0.141 e. The number of piperidine rings is 1. The third-order valence-corrected chi connectivity index (χ3v) is 5.23. The summed E-state index contributed by atoms with van der Waals surface area (Å²) in [5, 5.41) is 0. The first-order valence-electron chi connectivity index (χ1n) is 9.40. The number of likely N-dealkylation sites (tertiary alicyclic amines) is 1. The summed E-state index contributed by atoms with van der Waals surface area (Å²) in [6.07, 6.45) is 6.80. The molecule has 1 fully saturated rings. The van der Waals surface area contributed by atoms with Gasteiger partial charge in [0.1, 0.15) is 11.4 Å². The summed E-state index contributed by atoms with van der Waals surface area (Å²) in [7, 11) is 0. The highest BCUT2D eigenvalue weighted by Crippen LogP contribution is 2.21. The number of aromatic nitrogens is 2. The van der Waals surface area contributed by atoms with E-state index in [0.29, 0.717) is 12.2 Å². The van der Waals surface area contributed by atoms with Crippen LogP contribution in [-0.4, -0.2) is 33.2 Å². The van der Waals surface area contributed by atoms with Gasteiger partial charge in [-0.3, -0.25) is 9.69 Å². The summed E-state index contributed by atoms with van der Waals surface area (Å²) < 4.78 is 2.07. The molecule has 1 saturated heterocycles. The minimum absolute atomic E-state index is 0.142. The number of hydrogen-bond donors (Lipinski definition) is 0. The Morgan fingerprint density at radius 3 is 2.92 bits per heavy atom. The molecule has 4 heteroatoms. The van der Waals surface area contributed by atoms with E-state index in [9.17, 15) is 4.79 Å². The van der Waals surface area contributed by atoms with Gasteiger partial charge in [0.25, 0.3) is 0 Å². The van der Waals surface area contributed by atoms with Crippen LogP contribution in [0, 0.1) is 12.8 Å². The van der Waals surface area contributed by atoms with Gasteiger partial charge in [-0.1, -0.05) is 30.3 Å². The second kappa shape index (κ2) is 7.42. The molecule has 3 aromatic rings. The Kier molecular flexibility index (Phi) is 4.85. The molecule has 1 aromatic carbocycles. The quantitative estimate of drug-likeness (QED) is 0.707. The molecular weight excluding hydrogens is 322 g/mol. The fourth-order valence-electron chi connectivity index (χ4n) is 3.84. The van der Waals surface area contributed by atoms with E-state index in [0.717, 1.165) is 49.4 Å². The van der Waals surface area contributed by atoms with Crippen molar-refractivity contribution in [1.29, 1.82) is 0 Å². The Labute approximate surface area is 154 Å². The molecule has 134 valence electrons. The van der Waals surface area contributed by atoms with Crippen LogP contribution in [0.4, 0.5) is 0 Å². The molecule has 1 unspecified atom stereocenters. The van der Waals surface area contributed by atoms with Gasteiger partial charge in [-0.15, -0.1) is 0 Å². The lowest BCUT2D eigenvalue weighted by Crippen LogP contribution is -2.38. The second-order valence-corrected chi connectivity index (χ2v) is 7.40. The standard InChI is InChI=1S/C22H25N3O/c1-17-9-11-25-16-20(23-22(25)12-17)15-24-10-5-8-19(14-24)21(26)13-18-6-3-2-4-7-18/h2-4,6-7,9,11-12,16,19H,5,8,10,13-15H2,1H3. The number of imidazole rings is 1. The molecule has 0 amide bonds. The van der Waals surface area contributed by atoms with Gasteiger partial charge in [-0.05, 0) is 49.6 Å². The molecule has 0 radical (unpaired) electrons. The van der Waals surface area contributed by atoms with Gasteiger partial charge in [0.05, 0.1) is 5.69 Å². The zero-order valence-corrected chi connectivity index (χ0v) is 15.3. The second-order valence-electron chi connectivity index (χ2n) is 7.40. The predicted molar refractivity (Wildman–Crippen MR) is 103 cm³/mol. The van der Waals surface area contributed by atoms with E-state index in [1.807, 2.05) is 30.3 Å². The van der Waals surface area contributed by atoms with Crippen LogP contribution >= 0.6 is 0 Å². The van der Waals surface area contributed by atoms with E-state index in [-0.39, 0.29) is 5.92 Å². The molecule has 0 aliphatic carbocycles. The van der Waals surface area contributed by atoms with Gasteiger partial charge in [-0.2, -0.15) is 0 Å². The van der Waals surface area contributed by atoms with Crippen LogP contribution < -0.4 is 0 Å². The Balaban J connectivity index is 1.40. The van der Waals surface area contributed by atoms with Crippen molar-refractivity contribution in [2.75, 3.05) is 13.1 Å². The van der Waals surface area contributed by atoms with Gasteiger partial charge >= 0.3 is 0 Å². The van der Waals surface area contributed by atoms with Crippen molar-refractivity contribution in [2.45, 2.75) is 32.7 Å². The van der Waals surface area contributed by atoms with Crippen LogP contribution in [0.15, 0.2) is 54.9 Å². The number of ketones is 1. The molecule has 0 saturated carbocycles. The summed E-state index contributed by atoms with van der Waals surface area (Å²) in [6.45, 7) is 4.79. The molecule has 0 bridgehead atoms. The van der Waals surface area contributed by atoms with Gasteiger partial charge in [0, 0.05) is 37.8 Å². The molecular formula is C22H25N3O. The zero-order chi connectivity index (χ0) is 17.9. The highest BCUT2D eigenvalue weighted by Gasteiger charge is 2.26. The fraction of sp³-hybridized carbons (Fsp3) is 0.364. The molecule has 4 rings (SSSR count). The van der Waals surface area contributed by atoms with E-state index in [4.69, 9.17) is 4.98 Å². The lowest BCUT2D eigenvalue weighted by atomic mass is 9.90.